The summed E-state index contributed by atoms with van der Waals surface area (Å²) in [5.74, 6) is -1.32. The van der Waals surface area contributed by atoms with Crippen LogP contribution in [0.1, 0.15) is 6.92 Å². The fraction of sp³-hybridized carbons (Fsp3) is 0.750. The predicted molar refractivity (Wildman–Crippen MR) is 71.9 cm³/mol. The highest BCUT2D eigenvalue weighted by molar-refractivity contribution is 5.87. The van der Waals surface area contributed by atoms with Crippen LogP contribution < -0.4 is 10.6 Å². The van der Waals surface area contributed by atoms with Gasteiger partial charge in [-0.3, -0.25) is 4.79 Å². The van der Waals surface area contributed by atoms with Crippen LogP contribution in [0, 0.1) is 0 Å². The Bertz CT molecular complexity index is 376. The summed E-state index contributed by atoms with van der Waals surface area (Å²) in [4.78, 5) is 35.5. The number of carboxylic acid groups (broad SMARTS) is 1. The minimum Gasteiger partial charge on any atom is -0.480 e. The van der Waals surface area contributed by atoms with Crippen molar-refractivity contribution in [1.29, 1.82) is 0 Å². The van der Waals surface area contributed by atoms with Gasteiger partial charge >= 0.3 is 12.0 Å². The predicted octanol–water partition coefficient (Wildman–Crippen LogP) is -1.37. The van der Waals surface area contributed by atoms with Crippen molar-refractivity contribution >= 4 is 17.9 Å². The first kappa shape index (κ1) is 17.2. The lowest BCUT2D eigenvalue weighted by Gasteiger charge is -2.34. The lowest BCUT2D eigenvalue weighted by atomic mass is 10.2. The molecule has 0 aromatic heterocycles. The number of nitrogens with zero attached hydrogens (tertiary/aromatic N) is 1. The van der Waals surface area contributed by atoms with E-state index >= 15 is 0 Å². The van der Waals surface area contributed by atoms with Gasteiger partial charge in [-0.25, -0.2) is 9.59 Å². The summed E-state index contributed by atoms with van der Waals surface area (Å²) in [6, 6.07) is -1.05. The first-order chi connectivity index (χ1) is 10.1. The average molecular weight is 303 g/mol. The molecule has 9 nitrogen and oxygen atoms in total. The van der Waals surface area contributed by atoms with E-state index < -0.39 is 24.6 Å². The maximum atomic E-state index is 12.0. The Morgan fingerprint density at radius 3 is 2.81 bits per heavy atom. The normalized spacial score (nSPS) is 18.1. The Kier molecular flexibility index (Phi) is 7.48. The maximum Gasteiger partial charge on any atom is 0.329 e. The molecule has 1 atom stereocenters. The van der Waals surface area contributed by atoms with Gasteiger partial charge in [0.2, 0.25) is 5.91 Å². The van der Waals surface area contributed by atoms with E-state index in [1.807, 2.05) is 0 Å². The Morgan fingerprint density at radius 2 is 2.14 bits per heavy atom. The van der Waals surface area contributed by atoms with Crippen molar-refractivity contribution < 1.29 is 29.0 Å². The van der Waals surface area contributed by atoms with E-state index in [0.717, 1.165) is 0 Å². The van der Waals surface area contributed by atoms with Gasteiger partial charge in [0.1, 0.15) is 12.6 Å². The third-order valence-electron chi connectivity index (χ3n) is 2.79. The standard InChI is InChI=1S/C12H21N3O6/c1-2-13-11(18)9-7-21-6-4-15(9)12(19)14-3-5-20-8-10(16)17/h9H,2-8H2,1H3,(H,13,18)(H,14,19)(H,16,17). The Labute approximate surface area is 122 Å². The molecule has 21 heavy (non-hydrogen) atoms. The van der Waals surface area contributed by atoms with Crippen molar-refractivity contribution in [3.63, 3.8) is 0 Å². The lowest BCUT2D eigenvalue weighted by Crippen LogP contribution is -2.58. The molecule has 9 heteroatoms. The number of carbonyl (C=O) groups is 3. The minimum absolute atomic E-state index is 0.0915. The molecule has 0 saturated carbocycles. The number of nitrogens with one attached hydrogen (secondary N) is 2. The third-order valence-corrected chi connectivity index (χ3v) is 2.79. The van der Waals surface area contributed by atoms with E-state index in [1.54, 1.807) is 6.92 Å². The highest BCUT2D eigenvalue weighted by Gasteiger charge is 2.32. The average Bonchev–Trinajstić information content (AvgIpc) is 2.46. The van der Waals surface area contributed by atoms with Crippen LogP contribution in [0.15, 0.2) is 0 Å². The first-order valence-electron chi connectivity index (χ1n) is 6.75. The molecule has 1 unspecified atom stereocenters. The summed E-state index contributed by atoms with van der Waals surface area (Å²) >= 11 is 0. The number of amides is 3. The number of carbonyl (C=O) groups excluding carboxylic acids is 2. The summed E-state index contributed by atoms with van der Waals surface area (Å²) in [5, 5.41) is 13.6. The Balaban J connectivity index is 2.38. The molecule has 0 aliphatic carbocycles. The molecular weight excluding hydrogens is 282 g/mol. The van der Waals surface area contributed by atoms with E-state index in [-0.39, 0.29) is 25.7 Å². The summed E-state index contributed by atoms with van der Waals surface area (Å²) < 4.78 is 10.0. The van der Waals surface area contributed by atoms with Gasteiger partial charge in [0.15, 0.2) is 0 Å². The number of likely N-dealkylation sites (N-methyl/N-ethyl adjacent to an activating group) is 1. The van der Waals surface area contributed by atoms with Crippen LogP contribution in [0.3, 0.4) is 0 Å². The Hall–Kier alpha value is -1.87. The van der Waals surface area contributed by atoms with Crippen LogP contribution in [-0.2, 0) is 19.1 Å². The molecule has 1 aliphatic heterocycles. The van der Waals surface area contributed by atoms with Crippen LogP contribution in [0.5, 0.6) is 0 Å². The summed E-state index contributed by atoms with van der Waals surface area (Å²) in [5.41, 5.74) is 0. The molecule has 0 spiro atoms. The van der Waals surface area contributed by atoms with Crippen molar-refractivity contribution in [2.45, 2.75) is 13.0 Å². The van der Waals surface area contributed by atoms with E-state index in [2.05, 4.69) is 10.6 Å². The zero-order valence-corrected chi connectivity index (χ0v) is 12.0. The fourth-order valence-electron chi connectivity index (χ4n) is 1.85. The fourth-order valence-corrected chi connectivity index (χ4v) is 1.85. The first-order valence-corrected chi connectivity index (χ1v) is 6.75. The number of hydrogen-bond donors (Lipinski definition) is 3. The van der Waals surface area contributed by atoms with E-state index in [0.29, 0.717) is 19.7 Å². The zero-order valence-electron chi connectivity index (χ0n) is 12.0. The van der Waals surface area contributed by atoms with Crippen molar-refractivity contribution in [1.82, 2.24) is 15.5 Å². The molecule has 0 aromatic carbocycles. The zero-order chi connectivity index (χ0) is 15.7. The van der Waals surface area contributed by atoms with Gasteiger partial charge in [0.05, 0.1) is 19.8 Å². The van der Waals surface area contributed by atoms with E-state index in [1.165, 1.54) is 4.90 Å². The molecule has 0 radical (unpaired) electrons. The topological polar surface area (TPSA) is 117 Å². The maximum absolute atomic E-state index is 12.0. The second-order valence-corrected chi connectivity index (χ2v) is 4.36. The molecule has 3 amide bonds. The lowest BCUT2D eigenvalue weighted by molar-refractivity contribution is -0.142. The second-order valence-electron chi connectivity index (χ2n) is 4.36. The van der Waals surface area contributed by atoms with Crippen molar-refractivity contribution in [2.75, 3.05) is 46.1 Å². The SMILES string of the molecule is CCNC(=O)C1COCCN1C(=O)NCCOCC(=O)O. The van der Waals surface area contributed by atoms with Crippen molar-refractivity contribution in [3.8, 4) is 0 Å². The third kappa shape index (κ3) is 5.96. The minimum atomic E-state index is -1.06. The van der Waals surface area contributed by atoms with Crippen molar-refractivity contribution in [2.24, 2.45) is 0 Å². The number of urea groups is 1. The molecule has 3 N–H and O–H groups in total. The van der Waals surface area contributed by atoms with Crippen LogP contribution >= 0.6 is 0 Å². The molecule has 1 aliphatic rings. The number of hydrogen-bond acceptors (Lipinski definition) is 5. The number of rotatable bonds is 7. The molecule has 1 saturated heterocycles. The largest absolute Gasteiger partial charge is 0.480 e. The van der Waals surface area contributed by atoms with Gasteiger partial charge in [0.25, 0.3) is 0 Å². The highest BCUT2D eigenvalue weighted by atomic mass is 16.5. The molecular formula is C12H21N3O6. The van der Waals surface area contributed by atoms with Crippen LogP contribution in [-0.4, -0.2) is 80.0 Å². The molecule has 0 aromatic rings. The van der Waals surface area contributed by atoms with Gasteiger partial charge in [-0.05, 0) is 6.92 Å². The number of ether oxygens (including phenoxy) is 2. The molecule has 0 bridgehead atoms. The smallest absolute Gasteiger partial charge is 0.329 e. The van der Waals surface area contributed by atoms with E-state index in [4.69, 9.17) is 14.6 Å². The van der Waals surface area contributed by atoms with Gasteiger partial charge in [0, 0.05) is 19.6 Å². The summed E-state index contributed by atoms with van der Waals surface area (Å²) in [6.07, 6.45) is 0. The van der Waals surface area contributed by atoms with Crippen molar-refractivity contribution in [3.05, 3.63) is 0 Å². The van der Waals surface area contributed by atoms with Crippen LogP contribution in [0.4, 0.5) is 4.79 Å². The number of carboxylic acids is 1. The summed E-state index contributed by atoms with van der Waals surface area (Å²) in [7, 11) is 0. The van der Waals surface area contributed by atoms with Crippen LogP contribution in [0.2, 0.25) is 0 Å². The van der Waals surface area contributed by atoms with Gasteiger partial charge in [-0.1, -0.05) is 0 Å². The summed E-state index contributed by atoms with van der Waals surface area (Å²) in [6.45, 7) is 2.99. The van der Waals surface area contributed by atoms with E-state index in [9.17, 15) is 14.4 Å². The Morgan fingerprint density at radius 1 is 1.38 bits per heavy atom. The van der Waals surface area contributed by atoms with Crippen LogP contribution in [0.25, 0.3) is 0 Å². The molecule has 1 fully saturated rings. The highest BCUT2D eigenvalue weighted by Crippen LogP contribution is 2.07. The quantitative estimate of drug-likeness (QED) is 0.500. The number of morpholine rings is 1. The number of aliphatic carboxylic acids is 1. The van der Waals surface area contributed by atoms with Gasteiger partial charge < -0.3 is 30.1 Å². The van der Waals surface area contributed by atoms with Gasteiger partial charge in [-0.15, -0.1) is 0 Å². The second kappa shape index (κ2) is 9.14. The molecule has 1 rings (SSSR count). The molecule has 1 heterocycles. The van der Waals surface area contributed by atoms with Gasteiger partial charge in [-0.2, -0.15) is 0 Å². The monoisotopic (exact) mass is 303 g/mol. The molecule has 120 valence electrons.